The number of rotatable bonds is 13. The molecule has 2 fully saturated rings. The van der Waals surface area contributed by atoms with Gasteiger partial charge in [0, 0.05) is 97.1 Å². The Labute approximate surface area is 423 Å². The molecule has 2 atom stereocenters. The number of carbonyl (C=O) groups excluding carboxylic acids is 2. The topological polar surface area (TPSA) is 192 Å². The van der Waals surface area contributed by atoms with Crippen LogP contribution in [0.3, 0.4) is 0 Å². The fourth-order valence-electron chi connectivity index (χ4n) is 9.24. The van der Waals surface area contributed by atoms with E-state index in [1.165, 1.54) is 13.3 Å². The van der Waals surface area contributed by atoms with Gasteiger partial charge in [-0.1, -0.05) is 48.3 Å². The van der Waals surface area contributed by atoms with Crippen LogP contribution in [0.25, 0.3) is 44.8 Å². The minimum atomic E-state index is -0.547. The summed E-state index contributed by atoms with van der Waals surface area (Å²) >= 11 is 12.2. The Morgan fingerprint density at radius 1 is 0.694 bits per heavy atom. The number of H-pyrrole nitrogens is 2. The number of carbonyl (C=O) groups is 2. The zero-order valence-corrected chi connectivity index (χ0v) is 41.3. The number of likely N-dealkylation sites (tertiary alicyclic amines) is 2. The number of piperidine rings is 2. The molecule has 0 radical (unpaired) electrons. The number of benzene rings is 2. The summed E-state index contributed by atoms with van der Waals surface area (Å²) in [5.41, 5.74) is 5.03. The van der Waals surface area contributed by atoms with E-state index in [-0.39, 0.29) is 35.3 Å². The molecule has 0 saturated carbocycles. The van der Waals surface area contributed by atoms with Crippen molar-refractivity contribution in [3.8, 4) is 34.3 Å². The van der Waals surface area contributed by atoms with Gasteiger partial charge in [0.25, 0.3) is 11.8 Å². The van der Waals surface area contributed by atoms with Gasteiger partial charge in [-0.2, -0.15) is 0 Å². The molecule has 20 heteroatoms. The molecule has 0 unspecified atom stereocenters. The lowest BCUT2D eigenvalue weighted by Gasteiger charge is -2.33. The van der Waals surface area contributed by atoms with Crippen LogP contribution in [0.15, 0.2) is 91.8 Å². The van der Waals surface area contributed by atoms with E-state index in [9.17, 15) is 18.4 Å². The summed E-state index contributed by atoms with van der Waals surface area (Å²) in [6.07, 6.45) is 13.3. The molecule has 2 aliphatic rings. The zero-order chi connectivity index (χ0) is 50.3. The predicted molar refractivity (Wildman–Crippen MR) is 274 cm³/mol. The van der Waals surface area contributed by atoms with Gasteiger partial charge < -0.3 is 39.9 Å². The average molecular weight is 1020 g/mol. The maximum Gasteiger partial charge on any atom is 0.254 e. The van der Waals surface area contributed by atoms with Crippen molar-refractivity contribution in [1.29, 1.82) is 0 Å². The van der Waals surface area contributed by atoms with Crippen LogP contribution in [0.1, 0.15) is 58.9 Å². The van der Waals surface area contributed by atoms with E-state index < -0.39 is 11.6 Å². The summed E-state index contributed by atoms with van der Waals surface area (Å²) in [5.74, 6) is 1.29. The molecule has 2 amide bonds. The van der Waals surface area contributed by atoms with E-state index in [1.807, 2.05) is 34.1 Å². The van der Waals surface area contributed by atoms with Crippen molar-refractivity contribution in [2.24, 2.45) is 11.8 Å². The van der Waals surface area contributed by atoms with Gasteiger partial charge in [-0.05, 0) is 85.9 Å². The van der Waals surface area contributed by atoms with Crippen molar-refractivity contribution in [1.82, 2.24) is 49.7 Å². The second kappa shape index (κ2) is 22.3. The summed E-state index contributed by atoms with van der Waals surface area (Å²) in [6, 6.07) is 16.5. The van der Waals surface area contributed by atoms with Crippen LogP contribution in [-0.4, -0.2) is 115 Å². The molecule has 2 aromatic carbocycles. The summed E-state index contributed by atoms with van der Waals surface area (Å²) < 4.78 is 39.7. The Bertz CT molecular complexity index is 3250. The molecule has 72 heavy (non-hydrogen) atoms. The number of hydrogen-bond acceptors (Lipinski definition) is 12. The number of nitrogens with zero attached hydrogens (tertiary/aromatic N) is 8. The highest BCUT2D eigenvalue weighted by Gasteiger charge is 2.28. The summed E-state index contributed by atoms with van der Waals surface area (Å²) in [6.45, 7) is 5.59. The van der Waals surface area contributed by atoms with E-state index in [0.717, 1.165) is 66.7 Å². The Morgan fingerprint density at radius 2 is 1.22 bits per heavy atom. The highest BCUT2D eigenvalue weighted by Crippen LogP contribution is 2.32. The third-order valence-corrected chi connectivity index (χ3v) is 13.4. The molecule has 0 spiro atoms. The normalized spacial score (nSPS) is 15.8. The number of fused-ring (bicyclic) bond motifs is 2. The number of aromatic amines is 2. The van der Waals surface area contributed by atoms with Crippen LogP contribution in [-0.2, 0) is 6.42 Å². The first-order chi connectivity index (χ1) is 35.0. The quantitative estimate of drug-likeness (QED) is 0.0856. The van der Waals surface area contributed by atoms with E-state index >= 15 is 0 Å². The van der Waals surface area contributed by atoms with Crippen LogP contribution in [0.2, 0.25) is 10.0 Å². The molecule has 6 aromatic heterocycles. The molecule has 0 bridgehead atoms. The maximum absolute atomic E-state index is 14.6. The van der Waals surface area contributed by atoms with Crippen molar-refractivity contribution < 1.29 is 27.8 Å². The molecule has 10 rings (SSSR count). The number of pyridine rings is 2. The predicted octanol–water partition coefficient (Wildman–Crippen LogP) is 10.1. The molecular weight excluding hydrogens is 966 g/mol. The lowest BCUT2D eigenvalue weighted by molar-refractivity contribution is 0.0672. The van der Waals surface area contributed by atoms with Crippen LogP contribution in [0.5, 0.6) is 11.5 Å². The lowest BCUT2D eigenvalue weighted by atomic mass is 9.96. The van der Waals surface area contributed by atoms with Crippen molar-refractivity contribution >= 4 is 68.7 Å². The molecule has 372 valence electrons. The summed E-state index contributed by atoms with van der Waals surface area (Å²) in [7, 11) is 3.09. The third kappa shape index (κ3) is 11.0. The van der Waals surface area contributed by atoms with E-state index in [1.54, 1.807) is 62.2 Å². The van der Waals surface area contributed by atoms with Gasteiger partial charge in [0.2, 0.25) is 0 Å². The number of aromatic nitrogens is 8. The zero-order valence-electron chi connectivity index (χ0n) is 39.8. The summed E-state index contributed by atoms with van der Waals surface area (Å²) in [5, 5.41) is 8.78. The molecule has 8 heterocycles. The smallest absolute Gasteiger partial charge is 0.254 e. The molecule has 2 aliphatic heterocycles. The van der Waals surface area contributed by atoms with Gasteiger partial charge >= 0.3 is 0 Å². The number of methoxy groups -OCH3 is 2. The molecule has 0 aliphatic carbocycles. The largest absolute Gasteiger partial charge is 0.493 e. The molecule has 16 nitrogen and oxygen atoms in total. The Balaban J connectivity index is 0.000000178. The number of hydrogen-bond donors (Lipinski definition) is 4. The Hall–Kier alpha value is -7.44. The van der Waals surface area contributed by atoms with Crippen molar-refractivity contribution in [3.05, 3.63) is 130 Å². The lowest BCUT2D eigenvalue weighted by Crippen LogP contribution is -2.42. The van der Waals surface area contributed by atoms with Gasteiger partial charge in [-0.25, -0.2) is 38.7 Å². The highest BCUT2D eigenvalue weighted by molar-refractivity contribution is 6.31. The first-order valence-corrected chi connectivity index (χ1v) is 24.4. The maximum atomic E-state index is 14.6. The standard InChI is InChI=1S/C26H26ClFN6O3.C26H26ClFN6O/c1-36-21-6-5-16(8-22(21)37-2)26(35)34-7-3-4-15(14-34)10-29-25-20(28)13-32-24(33-25)19-12-31-23-18(19)9-17(27)11-30-23;1-2-17-7-3-4-8-19(17)26(35)34-9-5-6-16(15-34)11-29-25-22(28)14-32-24(33-25)21-13-31-23-20(21)10-18(27)12-30-23/h5-6,8-9,11-13,15H,3-4,7,10,14H2,1-2H3,(H,30,31)(H,29,32,33);3-4,7-8,10,12-14,16H,2,5-6,9,11,15H2,1H3,(H,30,31)(H,29,32,33)/t15-;16-/m11/s1. The average Bonchev–Trinajstić information content (AvgIpc) is 4.04. The van der Waals surface area contributed by atoms with E-state index in [0.29, 0.717) is 93.9 Å². The van der Waals surface area contributed by atoms with Gasteiger partial charge in [0.15, 0.2) is 46.4 Å². The van der Waals surface area contributed by atoms with Gasteiger partial charge in [-0.3, -0.25) is 9.59 Å². The number of aryl methyl sites for hydroxylation is 1. The Morgan fingerprint density at radius 3 is 1.75 bits per heavy atom. The highest BCUT2D eigenvalue weighted by atomic mass is 35.5. The first kappa shape index (κ1) is 49.5. The number of nitrogens with one attached hydrogen (secondary N) is 4. The second-order valence-corrected chi connectivity index (χ2v) is 18.5. The Kier molecular flexibility index (Phi) is 15.4. The third-order valence-electron chi connectivity index (χ3n) is 13.0. The number of anilines is 2. The van der Waals surface area contributed by atoms with E-state index in [4.69, 9.17) is 32.7 Å². The molecule has 2 saturated heterocycles. The SMILES string of the molecule is CCc1ccccc1C(=O)N1CCC[C@H](CNc2nc(-c3c[nH]c4ncc(Cl)cc34)ncc2F)C1.COc1ccc(C(=O)N2CCC[C@H](CNc3nc(-c4c[nH]c5ncc(Cl)cc45)ncc3F)C2)cc1OC. The van der Waals surface area contributed by atoms with Crippen molar-refractivity contribution in [2.75, 3.05) is 64.1 Å². The van der Waals surface area contributed by atoms with Crippen LogP contribution in [0, 0.1) is 23.5 Å². The number of amides is 2. The van der Waals surface area contributed by atoms with Gasteiger partial charge in [-0.15, -0.1) is 0 Å². The first-order valence-electron chi connectivity index (χ1n) is 23.7. The van der Waals surface area contributed by atoms with Gasteiger partial charge in [0.1, 0.15) is 11.3 Å². The van der Waals surface area contributed by atoms with Crippen LogP contribution < -0.4 is 20.1 Å². The van der Waals surface area contributed by atoms with Crippen molar-refractivity contribution in [3.63, 3.8) is 0 Å². The summed E-state index contributed by atoms with van der Waals surface area (Å²) in [4.78, 5) is 61.9. The van der Waals surface area contributed by atoms with Crippen LogP contribution >= 0.6 is 23.2 Å². The fraction of sp³-hybridized carbons (Fsp3) is 0.308. The number of halogens is 4. The molecule has 4 N–H and O–H groups in total. The number of ether oxygens (including phenoxy) is 2. The fourth-order valence-corrected chi connectivity index (χ4v) is 9.56. The monoisotopic (exact) mass is 1020 g/mol. The minimum Gasteiger partial charge on any atom is -0.493 e. The van der Waals surface area contributed by atoms with E-state index in [2.05, 4.69) is 57.4 Å². The molecular formula is C52H52Cl2F2N12O4. The minimum absolute atomic E-state index is 0.0641. The molecule has 8 aromatic rings. The second-order valence-electron chi connectivity index (χ2n) is 17.6. The van der Waals surface area contributed by atoms with Crippen LogP contribution in [0.4, 0.5) is 20.4 Å². The van der Waals surface area contributed by atoms with Crippen molar-refractivity contribution in [2.45, 2.75) is 39.0 Å². The van der Waals surface area contributed by atoms with Gasteiger partial charge in [0.05, 0.1) is 36.7 Å².